The van der Waals surface area contributed by atoms with Gasteiger partial charge in [-0.15, -0.1) is 0 Å². The summed E-state index contributed by atoms with van der Waals surface area (Å²) in [5.74, 6) is 0.864. The van der Waals surface area contributed by atoms with Crippen molar-refractivity contribution < 1.29 is 4.79 Å². The Balaban J connectivity index is 2.04. The maximum absolute atomic E-state index is 12.4. The van der Waals surface area contributed by atoms with Gasteiger partial charge in [-0.3, -0.25) is 4.79 Å². The second-order valence-corrected chi connectivity index (χ2v) is 6.58. The lowest BCUT2D eigenvalue weighted by Gasteiger charge is -2.19. The summed E-state index contributed by atoms with van der Waals surface area (Å²) >= 11 is 0. The van der Waals surface area contributed by atoms with Crippen molar-refractivity contribution >= 4 is 11.7 Å². The van der Waals surface area contributed by atoms with Crippen LogP contribution in [-0.2, 0) is 17.6 Å². The largest absolute Gasteiger partial charge is 0.310 e. The van der Waals surface area contributed by atoms with Crippen LogP contribution in [0.4, 0.5) is 5.82 Å². The molecule has 1 aliphatic carbocycles. The first-order chi connectivity index (χ1) is 9.97. The van der Waals surface area contributed by atoms with Crippen LogP contribution in [0.3, 0.4) is 0 Å². The molecule has 1 aromatic carbocycles. The topological polar surface area (TPSA) is 46.9 Å². The van der Waals surface area contributed by atoms with Crippen LogP contribution in [0, 0.1) is 5.41 Å². The summed E-state index contributed by atoms with van der Waals surface area (Å²) in [6, 6.07) is 9.97. The second kappa shape index (κ2) is 5.02. The molecule has 1 aliphatic rings. The van der Waals surface area contributed by atoms with Crippen molar-refractivity contribution in [2.45, 2.75) is 40.0 Å². The Labute approximate surface area is 125 Å². The van der Waals surface area contributed by atoms with E-state index in [1.807, 2.05) is 55.8 Å². The van der Waals surface area contributed by atoms with Crippen LogP contribution in [0.1, 0.15) is 38.4 Å². The zero-order chi connectivity index (χ0) is 15.0. The van der Waals surface area contributed by atoms with Gasteiger partial charge in [-0.05, 0) is 31.4 Å². The van der Waals surface area contributed by atoms with E-state index < -0.39 is 5.41 Å². The van der Waals surface area contributed by atoms with Crippen molar-refractivity contribution in [2.75, 3.05) is 5.32 Å². The molecule has 110 valence electrons. The summed E-state index contributed by atoms with van der Waals surface area (Å²) in [5, 5.41) is 7.79. The SMILES string of the molecule is CC(C)(C)C(=O)Nc1c2c(nn1-c1ccccc1)CCC2. The monoisotopic (exact) mass is 283 g/mol. The van der Waals surface area contributed by atoms with Gasteiger partial charge in [0.2, 0.25) is 5.91 Å². The normalized spacial score (nSPS) is 14.0. The first-order valence-corrected chi connectivity index (χ1v) is 7.44. The second-order valence-electron chi connectivity index (χ2n) is 6.58. The van der Waals surface area contributed by atoms with Crippen molar-refractivity contribution in [1.29, 1.82) is 0 Å². The highest BCUT2D eigenvalue weighted by atomic mass is 16.2. The number of carbonyl (C=O) groups excluding carboxylic acids is 1. The molecular formula is C17H21N3O. The van der Waals surface area contributed by atoms with Crippen LogP contribution in [0.15, 0.2) is 30.3 Å². The molecule has 1 N–H and O–H groups in total. The van der Waals surface area contributed by atoms with E-state index in [-0.39, 0.29) is 5.91 Å². The van der Waals surface area contributed by atoms with Gasteiger partial charge in [-0.25, -0.2) is 4.68 Å². The molecule has 3 rings (SSSR count). The van der Waals surface area contributed by atoms with Gasteiger partial charge in [0.15, 0.2) is 0 Å². The molecule has 1 aromatic heterocycles. The maximum atomic E-state index is 12.4. The van der Waals surface area contributed by atoms with Gasteiger partial charge < -0.3 is 5.32 Å². The first-order valence-electron chi connectivity index (χ1n) is 7.44. The number of nitrogens with zero attached hydrogens (tertiary/aromatic N) is 2. The van der Waals surface area contributed by atoms with Gasteiger partial charge in [-0.2, -0.15) is 5.10 Å². The molecule has 0 unspecified atom stereocenters. The van der Waals surface area contributed by atoms with Crippen LogP contribution in [0.25, 0.3) is 5.69 Å². The summed E-state index contributed by atoms with van der Waals surface area (Å²) in [6.45, 7) is 5.77. The Bertz CT molecular complexity index is 665. The molecule has 0 aliphatic heterocycles. The van der Waals surface area contributed by atoms with Crippen molar-refractivity contribution in [3.05, 3.63) is 41.6 Å². The predicted molar refractivity (Wildman–Crippen MR) is 83.7 cm³/mol. The fourth-order valence-electron chi connectivity index (χ4n) is 2.57. The predicted octanol–water partition coefficient (Wildman–Crippen LogP) is 3.35. The van der Waals surface area contributed by atoms with Crippen LogP contribution in [0.5, 0.6) is 0 Å². The molecule has 0 atom stereocenters. The quantitative estimate of drug-likeness (QED) is 0.918. The number of para-hydroxylation sites is 1. The molecule has 4 nitrogen and oxygen atoms in total. The lowest BCUT2D eigenvalue weighted by atomic mass is 9.95. The lowest BCUT2D eigenvalue weighted by Crippen LogP contribution is -2.29. The number of benzene rings is 1. The third-order valence-electron chi connectivity index (χ3n) is 3.82. The molecule has 4 heteroatoms. The maximum Gasteiger partial charge on any atom is 0.230 e. The van der Waals surface area contributed by atoms with Gasteiger partial charge in [0.05, 0.1) is 11.4 Å². The Morgan fingerprint density at radius 1 is 1.19 bits per heavy atom. The van der Waals surface area contributed by atoms with Crippen LogP contribution < -0.4 is 5.32 Å². The van der Waals surface area contributed by atoms with Gasteiger partial charge in [0.25, 0.3) is 0 Å². The summed E-state index contributed by atoms with van der Waals surface area (Å²) in [4.78, 5) is 12.4. The van der Waals surface area contributed by atoms with Crippen molar-refractivity contribution in [1.82, 2.24) is 9.78 Å². The van der Waals surface area contributed by atoms with Gasteiger partial charge in [0, 0.05) is 11.0 Å². The third kappa shape index (κ3) is 2.58. The molecule has 0 spiro atoms. The summed E-state index contributed by atoms with van der Waals surface area (Å²) in [6.07, 6.45) is 3.10. The van der Waals surface area contributed by atoms with E-state index in [9.17, 15) is 4.79 Å². The van der Waals surface area contributed by atoms with E-state index in [0.717, 1.165) is 36.5 Å². The highest BCUT2D eigenvalue weighted by molar-refractivity contribution is 5.94. The summed E-state index contributed by atoms with van der Waals surface area (Å²) in [5.41, 5.74) is 2.87. The van der Waals surface area contributed by atoms with Crippen LogP contribution in [0.2, 0.25) is 0 Å². The Morgan fingerprint density at radius 3 is 2.57 bits per heavy atom. The van der Waals surface area contributed by atoms with E-state index >= 15 is 0 Å². The minimum Gasteiger partial charge on any atom is -0.310 e. The summed E-state index contributed by atoms with van der Waals surface area (Å²) < 4.78 is 1.87. The fraction of sp³-hybridized carbons (Fsp3) is 0.412. The average Bonchev–Trinajstić information content (AvgIpc) is 3.01. The first kappa shape index (κ1) is 13.9. The molecule has 1 amide bonds. The number of carbonyl (C=O) groups is 1. The molecule has 0 bridgehead atoms. The molecule has 0 fully saturated rings. The number of aromatic nitrogens is 2. The minimum atomic E-state index is -0.419. The smallest absolute Gasteiger partial charge is 0.230 e. The highest BCUT2D eigenvalue weighted by Gasteiger charge is 2.28. The number of fused-ring (bicyclic) bond motifs is 1. The minimum absolute atomic E-state index is 0.0225. The number of amides is 1. The Hall–Kier alpha value is -2.10. The van der Waals surface area contributed by atoms with Crippen molar-refractivity contribution in [3.8, 4) is 5.69 Å². The molecule has 0 saturated heterocycles. The molecular weight excluding hydrogens is 262 g/mol. The van der Waals surface area contributed by atoms with Gasteiger partial charge >= 0.3 is 0 Å². The lowest BCUT2D eigenvalue weighted by molar-refractivity contribution is -0.123. The summed E-state index contributed by atoms with van der Waals surface area (Å²) in [7, 11) is 0. The van der Waals surface area contributed by atoms with Crippen LogP contribution in [-0.4, -0.2) is 15.7 Å². The average molecular weight is 283 g/mol. The fourth-order valence-corrected chi connectivity index (χ4v) is 2.57. The number of rotatable bonds is 2. The van der Waals surface area contributed by atoms with Crippen molar-refractivity contribution in [2.24, 2.45) is 5.41 Å². The Kier molecular flexibility index (Phi) is 3.32. The molecule has 21 heavy (non-hydrogen) atoms. The molecule has 0 radical (unpaired) electrons. The standard InChI is InChI=1S/C17H21N3O/c1-17(2,3)16(21)18-15-13-10-7-11-14(13)19-20(15)12-8-5-4-6-9-12/h4-6,8-9H,7,10-11H2,1-3H3,(H,18,21). The number of hydrogen-bond donors (Lipinski definition) is 1. The van der Waals surface area contributed by atoms with Crippen LogP contribution >= 0.6 is 0 Å². The highest BCUT2D eigenvalue weighted by Crippen LogP contribution is 2.31. The number of hydrogen-bond acceptors (Lipinski definition) is 2. The number of anilines is 1. The number of nitrogens with one attached hydrogen (secondary N) is 1. The zero-order valence-corrected chi connectivity index (χ0v) is 12.8. The number of aryl methyl sites for hydroxylation is 1. The molecule has 0 saturated carbocycles. The van der Waals surface area contributed by atoms with E-state index in [1.54, 1.807) is 0 Å². The van der Waals surface area contributed by atoms with Crippen molar-refractivity contribution in [3.63, 3.8) is 0 Å². The van der Waals surface area contributed by atoms with E-state index in [4.69, 9.17) is 5.10 Å². The molecule has 2 aromatic rings. The Morgan fingerprint density at radius 2 is 1.90 bits per heavy atom. The zero-order valence-electron chi connectivity index (χ0n) is 12.8. The van der Waals surface area contributed by atoms with Gasteiger partial charge in [0.1, 0.15) is 5.82 Å². The van der Waals surface area contributed by atoms with E-state index in [2.05, 4.69) is 5.32 Å². The third-order valence-corrected chi connectivity index (χ3v) is 3.82. The van der Waals surface area contributed by atoms with E-state index in [1.165, 1.54) is 5.56 Å². The van der Waals surface area contributed by atoms with E-state index in [0.29, 0.717) is 0 Å². The molecule has 1 heterocycles. The van der Waals surface area contributed by atoms with Gasteiger partial charge in [-0.1, -0.05) is 39.0 Å².